The number of esters is 1. The number of ether oxygens (including phenoxy) is 2. The number of aliphatic carboxylic acids is 2. The smallest absolute Gasteiger partial charge is 0.480 e. The van der Waals surface area contributed by atoms with E-state index in [0.717, 1.165) is 25.1 Å². The second-order valence-corrected chi connectivity index (χ2v) is 11.5. The van der Waals surface area contributed by atoms with Gasteiger partial charge in [0.25, 0.3) is 5.91 Å². The van der Waals surface area contributed by atoms with Crippen molar-refractivity contribution in [3.63, 3.8) is 0 Å². The van der Waals surface area contributed by atoms with Gasteiger partial charge in [-0.1, -0.05) is 0 Å². The summed E-state index contributed by atoms with van der Waals surface area (Å²) in [6.07, 6.45) is 0. The number of halogens is 7. The predicted octanol–water partition coefficient (Wildman–Crippen LogP) is 3.96. The van der Waals surface area contributed by atoms with Gasteiger partial charge in [-0.15, -0.1) is 0 Å². The Morgan fingerprint density at radius 3 is 2.00 bits per heavy atom. The lowest BCUT2D eigenvalue weighted by atomic mass is 9.76. The molecule has 0 aliphatic carbocycles. The van der Waals surface area contributed by atoms with Gasteiger partial charge in [0.1, 0.15) is 18.9 Å². The lowest BCUT2D eigenvalue weighted by molar-refractivity contribution is -0.140. The summed E-state index contributed by atoms with van der Waals surface area (Å²) in [5.74, 6) is -18.0. The Hall–Kier alpha value is -5.40. The molecule has 5 rings (SSSR count). The van der Waals surface area contributed by atoms with E-state index in [1.807, 2.05) is 0 Å². The van der Waals surface area contributed by atoms with E-state index in [9.17, 15) is 45.2 Å². The first-order chi connectivity index (χ1) is 21.7. The van der Waals surface area contributed by atoms with E-state index in [2.05, 4.69) is 4.18 Å². The SMILES string of the molecule is Cc1c(F)cc2c(c1F)Oc1c(cc(F)c(OS(=O)(=O)C(F)(F)F)c1F)C21OC(=O)c2ccc(C(=O)N(CC(=O)O)CC(=O)O)cc21. The zero-order valence-corrected chi connectivity index (χ0v) is 23.7. The minimum absolute atomic E-state index is 0.107. The molecule has 2 N–H and O–H groups in total. The van der Waals surface area contributed by atoms with E-state index in [0.29, 0.717) is 11.0 Å². The van der Waals surface area contributed by atoms with Gasteiger partial charge in [0.2, 0.25) is 11.6 Å². The number of alkyl halides is 3. The summed E-state index contributed by atoms with van der Waals surface area (Å²) in [5.41, 5.74) is -13.3. The number of rotatable bonds is 7. The fraction of sp³-hybridized carbons (Fsp3) is 0.185. The second kappa shape index (κ2) is 10.9. The van der Waals surface area contributed by atoms with Crippen LogP contribution in [0.4, 0.5) is 30.7 Å². The molecule has 0 saturated heterocycles. The minimum Gasteiger partial charge on any atom is -0.480 e. The van der Waals surface area contributed by atoms with Gasteiger partial charge in [-0.25, -0.2) is 18.0 Å². The summed E-state index contributed by atoms with van der Waals surface area (Å²) < 4.78 is 138. The molecule has 248 valence electrons. The highest BCUT2D eigenvalue weighted by Crippen LogP contribution is 2.59. The lowest BCUT2D eigenvalue weighted by Crippen LogP contribution is -2.39. The predicted molar refractivity (Wildman–Crippen MR) is 136 cm³/mol. The van der Waals surface area contributed by atoms with Gasteiger partial charge in [-0.2, -0.15) is 26.0 Å². The fourth-order valence-electron chi connectivity index (χ4n) is 4.99. The number of nitrogens with zero attached hydrogens (tertiary/aromatic N) is 1. The van der Waals surface area contributed by atoms with Crippen molar-refractivity contribution < 1.29 is 82.2 Å². The molecule has 0 saturated carbocycles. The van der Waals surface area contributed by atoms with Crippen molar-refractivity contribution in [2.45, 2.75) is 18.0 Å². The Labute approximate surface area is 256 Å². The Balaban J connectivity index is 1.82. The topological polar surface area (TPSA) is 174 Å². The van der Waals surface area contributed by atoms with Crippen LogP contribution in [0.3, 0.4) is 0 Å². The summed E-state index contributed by atoms with van der Waals surface area (Å²) in [6.45, 7) is -1.40. The number of hydrogen-bond acceptors (Lipinski definition) is 9. The quantitative estimate of drug-likeness (QED) is 0.159. The first-order valence-electron chi connectivity index (χ1n) is 12.5. The van der Waals surface area contributed by atoms with Crippen LogP contribution >= 0.6 is 0 Å². The molecular weight excluding hydrogens is 679 g/mol. The van der Waals surface area contributed by atoms with Crippen LogP contribution in [-0.2, 0) is 30.0 Å². The summed E-state index contributed by atoms with van der Waals surface area (Å²) >= 11 is 0. The third kappa shape index (κ3) is 5.13. The molecule has 1 spiro atoms. The van der Waals surface area contributed by atoms with Crippen molar-refractivity contribution in [3.05, 3.63) is 87.0 Å². The second-order valence-electron chi connectivity index (χ2n) is 9.92. The third-order valence-corrected chi connectivity index (χ3v) is 7.98. The number of carboxylic acid groups (broad SMARTS) is 2. The largest absolute Gasteiger partial charge is 0.534 e. The first kappa shape index (κ1) is 33.0. The van der Waals surface area contributed by atoms with E-state index in [1.165, 1.54) is 0 Å². The minimum atomic E-state index is -6.70. The van der Waals surface area contributed by atoms with E-state index >= 15 is 13.2 Å². The van der Waals surface area contributed by atoms with Gasteiger partial charge >= 0.3 is 33.5 Å². The molecule has 2 aliphatic rings. The third-order valence-electron chi connectivity index (χ3n) is 7.02. The van der Waals surface area contributed by atoms with Crippen LogP contribution < -0.4 is 8.92 Å². The van der Waals surface area contributed by atoms with Gasteiger partial charge in [-0.3, -0.25) is 14.4 Å². The zero-order chi connectivity index (χ0) is 35.0. The van der Waals surface area contributed by atoms with Crippen LogP contribution in [-0.4, -0.2) is 65.9 Å². The molecule has 0 radical (unpaired) electrons. The number of carboxylic acids is 2. The molecule has 3 aromatic rings. The van der Waals surface area contributed by atoms with E-state index in [1.54, 1.807) is 0 Å². The number of benzene rings is 3. The molecule has 20 heteroatoms. The van der Waals surface area contributed by atoms with Crippen molar-refractivity contribution >= 4 is 33.9 Å². The van der Waals surface area contributed by atoms with Crippen LogP contribution in [0.2, 0.25) is 0 Å². The Morgan fingerprint density at radius 1 is 0.894 bits per heavy atom. The number of fused-ring (bicyclic) bond motifs is 6. The highest BCUT2D eigenvalue weighted by molar-refractivity contribution is 7.88. The van der Waals surface area contributed by atoms with E-state index < -0.39 is 132 Å². The monoisotopic (exact) mass is 693 g/mol. The van der Waals surface area contributed by atoms with Crippen LogP contribution in [0, 0.1) is 30.2 Å². The van der Waals surface area contributed by atoms with Crippen molar-refractivity contribution in [1.29, 1.82) is 0 Å². The normalized spacial score (nSPS) is 16.5. The Kier molecular flexibility index (Phi) is 7.61. The summed E-state index contributed by atoms with van der Waals surface area (Å²) in [5, 5.41) is 18.3. The molecule has 0 bridgehead atoms. The maximum Gasteiger partial charge on any atom is 0.534 e. The van der Waals surface area contributed by atoms with Crippen molar-refractivity contribution in [1.82, 2.24) is 4.90 Å². The summed E-state index contributed by atoms with van der Waals surface area (Å²) in [6, 6.07) is 3.20. The number of carbonyl (C=O) groups excluding carboxylic acids is 2. The highest BCUT2D eigenvalue weighted by atomic mass is 32.2. The first-order valence-corrected chi connectivity index (χ1v) is 13.9. The van der Waals surface area contributed by atoms with Gasteiger partial charge < -0.3 is 28.8 Å². The van der Waals surface area contributed by atoms with E-state index in [-0.39, 0.29) is 6.07 Å². The standard InChI is InChI=1S/C27H14F7NO11S/c1-9-15(28)5-13-21(19(9)30)44-22-14(6-16(29)23(20(22)31)46-47(42,43)27(32,33)34)26(13)12-4-10(2-3-11(12)25(41)45-26)24(40)35(7-17(36)37)8-18(38)39/h2-6H,7-8H2,1H3,(H,36,37)(H,38,39). The van der Waals surface area contributed by atoms with Crippen LogP contribution in [0.5, 0.6) is 17.2 Å². The maximum atomic E-state index is 15.8. The van der Waals surface area contributed by atoms with Crippen LogP contribution in [0.1, 0.15) is 43.0 Å². The number of hydrogen-bond donors (Lipinski definition) is 2. The number of carbonyl (C=O) groups is 4. The van der Waals surface area contributed by atoms with Crippen molar-refractivity contribution in [2.75, 3.05) is 13.1 Å². The van der Waals surface area contributed by atoms with Crippen LogP contribution in [0.25, 0.3) is 0 Å². The summed E-state index contributed by atoms with van der Waals surface area (Å²) in [4.78, 5) is 49.2. The molecule has 1 amide bonds. The maximum absolute atomic E-state index is 15.8. The molecule has 0 aromatic heterocycles. The van der Waals surface area contributed by atoms with Gasteiger partial charge in [0.15, 0.2) is 28.7 Å². The molecule has 47 heavy (non-hydrogen) atoms. The number of amides is 1. The molecule has 1 unspecified atom stereocenters. The summed E-state index contributed by atoms with van der Waals surface area (Å²) in [7, 11) is -6.70. The average molecular weight is 693 g/mol. The van der Waals surface area contributed by atoms with Crippen LogP contribution in [0.15, 0.2) is 30.3 Å². The Bertz CT molecular complexity index is 2030. The van der Waals surface area contributed by atoms with Crippen molar-refractivity contribution in [2.24, 2.45) is 0 Å². The highest BCUT2D eigenvalue weighted by Gasteiger charge is 2.57. The average Bonchev–Trinajstić information content (AvgIpc) is 3.25. The molecule has 1 atom stereocenters. The molecule has 12 nitrogen and oxygen atoms in total. The molecule has 2 aliphatic heterocycles. The molecule has 0 fully saturated rings. The fourth-order valence-corrected chi connectivity index (χ4v) is 5.45. The van der Waals surface area contributed by atoms with Gasteiger partial charge in [0.05, 0.1) is 16.7 Å². The molecular formula is C27H14F7NO11S. The Morgan fingerprint density at radius 2 is 1.45 bits per heavy atom. The van der Waals surface area contributed by atoms with Gasteiger partial charge in [0, 0.05) is 16.7 Å². The molecule has 3 aromatic carbocycles. The lowest BCUT2D eigenvalue weighted by Gasteiger charge is -2.37. The van der Waals surface area contributed by atoms with Gasteiger partial charge in [-0.05, 0) is 37.3 Å². The van der Waals surface area contributed by atoms with Crippen molar-refractivity contribution in [3.8, 4) is 17.2 Å². The zero-order valence-electron chi connectivity index (χ0n) is 22.9. The van der Waals surface area contributed by atoms with E-state index in [4.69, 9.17) is 19.7 Å². The molecule has 2 heterocycles.